The lowest BCUT2D eigenvalue weighted by atomic mass is 10.2. The van der Waals surface area contributed by atoms with Crippen LogP contribution in [0.1, 0.15) is 26.2 Å². The van der Waals surface area contributed by atoms with Crippen LogP contribution in [0.4, 0.5) is 11.6 Å². The summed E-state index contributed by atoms with van der Waals surface area (Å²) >= 11 is 2.07. The Bertz CT molecular complexity index is 562. The first-order valence-electron chi connectivity index (χ1n) is 7.30. The number of anilines is 2. The average Bonchev–Trinajstić information content (AvgIpc) is 2.95. The van der Waals surface area contributed by atoms with E-state index in [0.717, 1.165) is 30.4 Å². The Morgan fingerprint density at radius 1 is 1.40 bits per heavy atom. The van der Waals surface area contributed by atoms with Crippen LogP contribution in [0, 0.1) is 0 Å². The van der Waals surface area contributed by atoms with Crippen molar-refractivity contribution >= 4 is 29.0 Å². The molecule has 0 saturated carbocycles. The van der Waals surface area contributed by atoms with E-state index in [2.05, 4.69) is 39.3 Å². The van der Waals surface area contributed by atoms with E-state index in [1.54, 1.807) is 0 Å². The minimum Gasteiger partial charge on any atom is -0.369 e. The van der Waals surface area contributed by atoms with Gasteiger partial charge in [-0.3, -0.25) is 0 Å². The van der Waals surface area contributed by atoms with Gasteiger partial charge in [0.2, 0.25) is 0 Å². The van der Waals surface area contributed by atoms with Crippen molar-refractivity contribution in [2.45, 2.75) is 31.4 Å². The number of aromatic nitrogens is 3. The zero-order valence-electron chi connectivity index (χ0n) is 11.8. The lowest BCUT2D eigenvalue weighted by Crippen LogP contribution is -2.21. The van der Waals surface area contributed by atoms with Gasteiger partial charge in [-0.2, -0.15) is 11.8 Å². The SMILES string of the molecule is CCNc1cn2ccnc2c(NCC2CCCCS2)n1. The first-order chi connectivity index (χ1) is 9.86. The van der Waals surface area contributed by atoms with Crippen LogP contribution in [0.25, 0.3) is 5.65 Å². The first kappa shape index (κ1) is 13.5. The molecule has 2 aromatic rings. The number of thioether (sulfide) groups is 1. The number of imidazole rings is 1. The van der Waals surface area contributed by atoms with Gasteiger partial charge in [0.1, 0.15) is 5.82 Å². The zero-order valence-corrected chi connectivity index (χ0v) is 12.6. The fraction of sp³-hybridized carbons (Fsp3) is 0.571. The van der Waals surface area contributed by atoms with Gasteiger partial charge in [-0.15, -0.1) is 0 Å². The van der Waals surface area contributed by atoms with Crippen molar-refractivity contribution in [3.8, 4) is 0 Å². The smallest absolute Gasteiger partial charge is 0.180 e. The van der Waals surface area contributed by atoms with Crippen LogP contribution in [0.15, 0.2) is 18.6 Å². The number of nitrogens with one attached hydrogen (secondary N) is 2. The Morgan fingerprint density at radius 3 is 3.15 bits per heavy atom. The van der Waals surface area contributed by atoms with Gasteiger partial charge in [0.15, 0.2) is 11.5 Å². The molecule has 0 amide bonds. The highest BCUT2D eigenvalue weighted by molar-refractivity contribution is 7.99. The molecule has 1 aliphatic heterocycles. The molecule has 0 aliphatic carbocycles. The highest BCUT2D eigenvalue weighted by Crippen LogP contribution is 2.25. The largest absolute Gasteiger partial charge is 0.369 e. The third kappa shape index (κ3) is 3.00. The molecule has 0 aromatic carbocycles. The van der Waals surface area contributed by atoms with E-state index in [1.165, 1.54) is 25.0 Å². The molecule has 2 N–H and O–H groups in total. The van der Waals surface area contributed by atoms with E-state index >= 15 is 0 Å². The van der Waals surface area contributed by atoms with Crippen LogP contribution in [0.5, 0.6) is 0 Å². The molecule has 1 atom stereocenters. The quantitative estimate of drug-likeness (QED) is 0.887. The van der Waals surface area contributed by atoms with Crippen LogP contribution in [-0.2, 0) is 0 Å². The summed E-state index contributed by atoms with van der Waals surface area (Å²) in [6, 6.07) is 0. The van der Waals surface area contributed by atoms with Crippen LogP contribution in [0.3, 0.4) is 0 Å². The van der Waals surface area contributed by atoms with E-state index in [4.69, 9.17) is 0 Å². The van der Waals surface area contributed by atoms with Crippen LogP contribution >= 0.6 is 11.8 Å². The van der Waals surface area contributed by atoms with E-state index in [0.29, 0.717) is 5.25 Å². The summed E-state index contributed by atoms with van der Waals surface area (Å²) in [6.07, 6.45) is 9.76. The van der Waals surface area contributed by atoms with Crippen LogP contribution < -0.4 is 10.6 Å². The summed E-state index contributed by atoms with van der Waals surface area (Å²) in [4.78, 5) is 9.02. The number of rotatable bonds is 5. The Kier molecular flexibility index (Phi) is 4.30. The Labute approximate surface area is 123 Å². The van der Waals surface area contributed by atoms with Gasteiger partial charge in [0, 0.05) is 30.7 Å². The molecule has 0 bridgehead atoms. The molecular formula is C14H21N5S. The molecule has 2 aromatic heterocycles. The lowest BCUT2D eigenvalue weighted by molar-refractivity contribution is 0.677. The fourth-order valence-electron chi connectivity index (χ4n) is 2.50. The number of hydrogen-bond donors (Lipinski definition) is 2. The van der Waals surface area contributed by atoms with Gasteiger partial charge in [0.25, 0.3) is 0 Å². The van der Waals surface area contributed by atoms with Crippen molar-refractivity contribution in [1.82, 2.24) is 14.4 Å². The monoisotopic (exact) mass is 291 g/mol. The van der Waals surface area contributed by atoms with Gasteiger partial charge >= 0.3 is 0 Å². The maximum absolute atomic E-state index is 4.63. The molecule has 0 spiro atoms. The van der Waals surface area contributed by atoms with Crippen molar-refractivity contribution in [3.63, 3.8) is 0 Å². The van der Waals surface area contributed by atoms with Crippen molar-refractivity contribution < 1.29 is 0 Å². The third-order valence-electron chi connectivity index (χ3n) is 3.50. The Balaban J connectivity index is 1.76. The standard InChI is InChI=1S/C14H21N5S/c1-2-15-12-10-19-7-6-16-14(19)13(18-12)17-9-11-5-3-4-8-20-11/h6-7,10-11,15H,2-5,8-9H2,1H3,(H,17,18). The van der Waals surface area contributed by atoms with Gasteiger partial charge in [-0.25, -0.2) is 9.97 Å². The molecule has 1 aliphatic rings. The van der Waals surface area contributed by atoms with E-state index in [9.17, 15) is 0 Å². The van der Waals surface area contributed by atoms with E-state index < -0.39 is 0 Å². The molecule has 1 unspecified atom stereocenters. The molecule has 108 valence electrons. The number of nitrogens with zero attached hydrogens (tertiary/aromatic N) is 3. The Morgan fingerprint density at radius 2 is 2.35 bits per heavy atom. The second kappa shape index (κ2) is 6.35. The molecule has 1 saturated heterocycles. The highest BCUT2D eigenvalue weighted by Gasteiger charge is 2.15. The maximum Gasteiger partial charge on any atom is 0.180 e. The summed E-state index contributed by atoms with van der Waals surface area (Å²) in [5.41, 5.74) is 0.896. The number of hydrogen-bond acceptors (Lipinski definition) is 5. The molecule has 0 radical (unpaired) electrons. The van der Waals surface area contributed by atoms with Crippen molar-refractivity contribution in [2.24, 2.45) is 0 Å². The lowest BCUT2D eigenvalue weighted by Gasteiger charge is -2.21. The minimum absolute atomic E-state index is 0.698. The third-order valence-corrected chi connectivity index (χ3v) is 4.90. The summed E-state index contributed by atoms with van der Waals surface area (Å²) in [5.74, 6) is 3.05. The summed E-state index contributed by atoms with van der Waals surface area (Å²) in [7, 11) is 0. The normalized spacial score (nSPS) is 19.1. The topological polar surface area (TPSA) is 54.2 Å². The summed E-state index contributed by atoms with van der Waals surface area (Å²) in [6.45, 7) is 3.91. The van der Waals surface area contributed by atoms with Gasteiger partial charge in [-0.05, 0) is 25.5 Å². The van der Waals surface area contributed by atoms with Gasteiger partial charge < -0.3 is 15.0 Å². The molecule has 3 heterocycles. The second-order valence-electron chi connectivity index (χ2n) is 5.03. The van der Waals surface area contributed by atoms with Crippen LogP contribution in [0.2, 0.25) is 0 Å². The van der Waals surface area contributed by atoms with E-state index in [1.807, 2.05) is 23.0 Å². The molecule has 1 fully saturated rings. The van der Waals surface area contributed by atoms with Crippen LogP contribution in [-0.4, -0.2) is 38.5 Å². The predicted octanol–water partition coefficient (Wildman–Crippen LogP) is 2.86. The summed E-state index contributed by atoms with van der Waals surface area (Å²) < 4.78 is 2.02. The maximum atomic E-state index is 4.63. The van der Waals surface area contributed by atoms with Gasteiger partial charge in [-0.1, -0.05) is 6.42 Å². The van der Waals surface area contributed by atoms with Crippen molar-refractivity contribution in [3.05, 3.63) is 18.6 Å². The predicted molar refractivity (Wildman–Crippen MR) is 85.7 cm³/mol. The molecule has 5 nitrogen and oxygen atoms in total. The second-order valence-corrected chi connectivity index (χ2v) is 6.44. The molecular weight excluding hydrogens is 270 g/mol. The molecule has 3 rings (SSSR count). The Hall–Kier alpha value is -1.43. The molecule has 20 heavy (non-hydrogen) atoms. The summed E-state index contributed by atoms with van der Waals surface area (Å²) in [5, 5.41) is 7.45. The minimum atomic E-state index is 0.698. The first-order valence-corrected chi connectivity index (χ1v) is 8.34. The van der Waals surface area contributed by atoms with Crippen molar-refractivity contribution in [2.75, 3.05) is 29.5 Å². The fourth-order valence-corrected chi connectivity index (χ4v) is 3.73. The van der Waals surface area contributed by atoms with Crippen molar-refractivity contribution in [1.29, 1.82) is 0 Å². The average molecular weight is 291 g/mol. The zero-order chi connectivity index (χ0) is 13.8. The van der Waals surface area contributed by atoms with Gasteiger partial charge in [0.05, 0.1) is 6.20 Å². The van der Waals surface area contributed by atoms with E-state index in [-0.39, 0.29) is 0 Å². The number of fused-ring (bicyclic) bond motifs is 1. The molecule has 6 heteroatoms. The highest BCUT2D eigenvalue weighted by atomic mass is 32.2.